The molecule has 0 heterocycles. The highest BCUT2D eigenvalue weighted by Crippen LogP contribution is 2.21. The quantitative estimate of drug-likeness (QED) is 0.258. The van der Waals surface area contributed by atoms with Crippen molar-refractivity contribution in [3.63, 3.8) is 0 Å². The van der Waals surface area contributed by atoms with Gasteiger partial charge in [-0.1, -0.05) is 13.8 Å². The molecule has 0 spiro atoms. The van der Waals surface area contributed by atoms with Crippen molar-refractivity contribution in [2.24, 2.45) is 10.8 Å². The third-order valence-corrected chi connectivity index (χ3v) is 3.92. The van der Waals surface area contributed by atoms with Gasteiger partial charge in [0.25, 0.3) is 0 Å². The van der Waals surface area contributed by atoms with E-state index in [-0.39, 0.29) is 39.6 Å². The van der Waals surface area contributed by atoms with Crippen LogP contribution in [0.15, 0.2) is 0 Å². The summed E-state index contributed by atoms with van der Waals surface area (Å²) in [6, 6.07) is 0. The van der Waals surface area contributed by atoms with Crippen LogP contribution in [0.1, 0.15) is 26.7 Å². The average Bonchev–Trinajstić information content (AvgIpc) is 2.61. The molecule has 0 fully saturated rings. The fraction of sp³-hybridized carbons (Fsp3) is 1.00. The van der Waals surface area contributed by atoms with E-state index in [2.05, 4.69) is 9.47 Å². The molecular weight excluding hydrogens is 426 g/mol. The molecule has 0 saturated heterocycles. The largest absolute Gasteiger partial charge is 0.411 e. The number of ether oxygens (including phenoxy) is 4. The van der Waals surface area contributed by atoms with E-state index in [1.807, 2.05) is 0 Å². The zero-order valence-corrected chi connectivity index (χ0v) is 17.3. The Kier molecular flexibility index (Phi) is 13.4. The Morgan fingerprint density at radius 1 is 0.533 bits per heavy atom. The normalized spacial score (nSPS) is 17.0. The number of alkyl halides is 6. The van der Waals surface area contributed by atoms with Gasteiger partial charge in [0.15, 0.2) is 0 Å². The van der Waals surface area contributed by atoms with Gasteiger partial charge in [0, 0.05) is 24.0 Å². The smallest absolute Gasteiger partial charge is 0.396 e. The Morgan fingerprint density at radius 2 is 0.833 bits per heavy atom. The third kappa shape index (κ3) is 16.1. The van der Waals surface area contributed by atoms with Gasteiger partial charge >= 0.3 is 12.4 Å². The number of unbranched alkanes of at least 4 members (excludes halogenated alkanes) is 1. The van der Waals surface area contributed by atoms with Crippen molar-refractivity contribution in [1.29, 1.82) is 0 Å². The Morgan fingerprint density at radius 3 is 1.10 bits per heavy atom. The Bertz CT molecular complexity index is 408. The second-order valence-electron chi connectivity index (χ2n) is 7.97. The fourth-order valence-corrected chi connectivity index (χ4v) is 2.14. The number of aliphatic hydroxyl groups is 2. The molecule has 30 heavy (non-hydrogen) atoms. The van der Waals surface area contributed by atoms with Crippen molar-refractivity contribution >= 4 is 0 Å². The monoisotopic (exact) mass is 458 g/mol. The van der Waals surface area contributed by atoms with Crippen LogP contribution >= 0.6 is 0 Å². The molecule has 0 amide bonds. The van der Waals surface area contributed by atoms with Crippen LogP contribution in [-0.4, -0.2) is 88.6 Å². The van der Waals surface area contributed by atoms with Crippen molar-refractivity contribution < 1.29 is 55.5 Å². The SMILES string of the molecule is CC(CO)(COCCCCOCC(C)(CO)COCC(F)(F)F)COCC(F)(F)F. The molecule has 2 N–H and O–H groups in total. The van der Waals surface area contributed by atoms with Crippen molar-refractivity contribution in [2.45, 2.75) is 39.0 Å². The highest BCUT2D eigenvalue weighted by Gasteiger charge is 2.32. The lowest BCUT2D eigenvalue weighted by atomic mass is 9.94. The summed E-state index contributed by atoms with van der Waals surface area (Å²) in [5.74, 6) is 0. The van der Waals surface area contributed by atoms with E-state index in [0.29, 0.717) is 12.8 Å². The van der Waals surface area contributed by atoms with E-state index in [1.54, 1.807) is 13.8 Å². The molecule has 0 saturated carbocycles. The van der Waals surface area contributed by atoms with Gasteiger partial charge in [0.1, 0.15) is 13.2 Å². The molecule has 0 aromatic rings. The van der Waals surface area contributed by atoms with Crippen LogP contribution < -0.4 is 0 Å². The molecule has 0 radical (unpaired) electrons. The van der Waals surface area contributed by atoms with Crippen molar-refractivity contribution in [3.05, 3.63) is 0 Å². The molecule has 0 rings (SSSR count). The summed E-state index contributed by atoms with van der Waals surface area (Å²) in [7, 11) is 0. The minimum Gasteiger partial charge on any atom is -0.396 e. The number of hydrogen-bond acceptors (Lipinski definition) is 6. The molecule has 0 aliphatic rings. The maximum Gasteiger partial charge on any atom is 0.411 e. The predicted molar refractivity (Wildman–Crippen MR) is 95.0 cm³/mol. The molecule has 0 aliphatic heterocycles. The lowest BCUT2D eigenvalue weighted by Crippen LogP contribution is -2.35. The van der Waals surface area contributed by atoms with E-state index in [9.17, 15) is 36.6 Å². The lowest BCUT2D eigenvalue weighted by molar-refractivity contribution is -0.185. The van der Waals surface area contributed by atoms with Crippen LogP contribution in [-0.2, 0) is 18.9 Å². The summed E-state index contributed by atoms with van der Waals surface area (Å²) < 4.78 is 92.5. The second kappa shape index (κ2) is 13.7. The van der Waals surface area contributed by atoms with Gasteiger partial charge in [-0.05, 0) is 12.8 Å². The van der Waals surface area contributed by atoms with Gasteiger partial charge in [0.05, 0.1) is 39.6 Å². The summed E-state index contributed by atoms with van der Waals surface area (Å²) in [6.45, 7) is -0.510. The topological polar surface area (TPSA) is 77.4 Å². The molecule has 6 nitrogen and oxygen atoms in total. The summed E-state index contributed by atoms with van der Waals surface area (Å²) in [5.41, 5.74) is -1.91. The molecule has 0 bridgehead atoms. The van der Waals surface area contributed by atoms with Crippen LogP contribution in [0.5, 0.6) is 0 Å². The van der Waals surface area contributed by atoms with Crippen molar-refractivity contribution in [3.8, 4) is 0 Å². The number of hydrogen-bond donors (Lipinski definition) is 2. The number of rotatable bonds is 17. The summed E-state index contributed by atoms with van der Waals surface area (Å²) in [4.78, 5) is 0. The average molecular weight is 458 g/mol. The Balaban J connectivity index is 3.91. The first kappa shape index (κ1) is 29.3. The van der Waals surface area contributed by atoms with Crippen LogP contribution in [0.3, 0.4) is 0 Å². The second-order valence-corrected chi connectivity index (χ2v) is 7.97. The van der Waals surface area contributed by atoms with E-state index < -0.39 is 49.6 Å². The third-order valence-electron chi connectivity index (χ3n) is 3.92. The standard InChI is InChI=1S/C18H32F6O6/c1-15(7-25,11-29-13-17(19,20)21)9-27-5-3-4-6-28-10-16(2,8-26)12-30-14-18(22,23)24/h25-26H,3-14H2,1-2H3. The van der Waals surface area contributed by atoms with Crippen LogP contribution in [0.25, 0.3) is 0 Å². The first-order valence-electron chi connectivity index (χ1n) is 9.40. The van der Waals surface area contributed by atoms with Gasteiger partial charge in [-0.3, -0.25) is 0 Å². The van der Waals surface area contributed by atoms with Crippen molar-refractivity contribution in [1.82, 2.24) is 0 Å². The van der Waals surface area contributed by atoms with Crippen LogP contribution in [0.2, 0.25) is 0 Å². The van der Waals surface area contributed by atoms with Crippen LogP contribution in [0, 0.1) is 10.8 Å². The first-order chi connectivity index (χ1) is 13.7. The minimum absolute atomic E-state index is 0.0152. The van der Waals surface area contributed by atoms with E-state index in [1.165, 1.54) is 0 Å². The Hall–Kier alpha value is -0.660. The summed E-state index contributed by atoms with van der Waals surface area (Å²) in [6.07, 6.45) is -7.75. The van der Waals surface area contributed by atoms with E-state index in [0.717, 1.165) is 0 Å². The van der Waals surface area contributed by atoms with Gasteiger partial charge < -0.3 is 29.2 Å². The molecule has 0 aliphatic carbocycles. The van der Waals surface area contributed by atoms with E-state index >= 15 is 0 Å². The fourth-order valence-electron chi connectivity index (χ4n) is 2.14. The van der Waals surface area contributed by atoms with Gasteiger partial charge in [0.2, 0.25) is 0 Å². The van der Waals surface area contributed by atoms with E-state index in [4.69, 9.17) is 9.47 Å². The zero-order chi connectivity index (χ0) is 23.3. The van der Waals surface area contributed by atoms with Crippen molar-refractivity contribution in [2.75, 3.05) is 66.1 Å². The lowest BCUT2D eigenvalue weighted by Gasteiger charge is -2.27. The number of halogens is 6. The first-order valence-corrected chi connectivity index (χ1v) is 9.40. The summed E-state index contributed by atoms with van der Waals surface area (Å²) >= 11 is 0. The molecule has 182 valence electrons. The highest BCUT2D eigenvalue weighted by molar-refractivity contribution is 4.73. The number of aliphatic hydroxyl groups excluding tert-OH is 2. The van der Waals surface area contributed by atoms with Gasteiger partial charge in [-0.2, -0.15) is 26.3 Å². The molecular formula is C18H32F6O6. The van der Waals surface area contributed by atoms with Gasteiger partial charge in [-0.25, -0.2) is 0 Å². The molecule has 0 aromatic carbocycles. The van der Waals surface area contributed by atoms with Gasteiger partial charge in [-0.15, -0.1) is 0 Å². The Labute approximate surface area is 172 Å². The molecule has 2 unspecified atom stereocenters. The molecule has 0 aromatic heterocycles. The molecule has 2 atom stereocenters. The molecule has 12 heteroatoms. The predicted octanol–water partition coefficient (Wildman–Crippen LogP) is 2.95. The highest BCUT2D eigenvalue weighted by atomic mass is 19.4. The summed E-state index contributed by atoms with van der Waals surface area (Å²) in [5, 5.41) is 18.7. The minimum atomic E-state index is -4.44. The maximum absolute atomic E-state index is 12.1. The van der Waals surface area contributed by atoms with Crippen LogP contribution in [0.4, 0.5) is 26.3 Å². The zero-order valence-electron chi connectivity index (χ0n) is 17.3. The maximum atomic E-state index is 12.1.